The molecular weight excluding hydrogens is 580 g/mol. The van der Waals surface area contributed by atoms with Gasteiger partial charge in [0.2, 0.25) is 20.0 Å². The van der Waals surface area contributed by atoms with Crippen molar-refractivity contribution >= 4 is 62.7 Å². The Morgan fingerprint density at radius 1 is 0.562 bits per heavy atom. The third-order valence-corrected chi connectivity index (χ3v) is 7.87. The summed E-state index contributed by atoms with van der Waals surface area (Å²) in [6.45, 7) is 0. The second-order valence-corrected chi connectivity index (χ2v) is 11.9. The second-order valence-electron chi connectivity index (χ2n) is 7.06. The molecule has 4 N–H and O–H groups in total. The molecule has 6 nitrogen and oxygen atoms in total. The lowest BCUT2D eigenvalue weighted by Gasteiger charge is -2.21. The molecule has 164 valence electrons. The highest BCUT2D eigenvalue weighted by Gasteiger charge is 2.31. The number of fused-ring (bicyclic) bond motifs is 1. The molecule has 0 amide bonds. The topological polar surface area (TPSA) is 120 Å². The fourth-order valence-electron chi connectivity index (χ4n) is 3.80. The van der Waals surface area contributed by atoms with Crippen LogP contribution in [-0.4, -0.2) is 16.8 Å². The first-order valence-electron chi connectivity index (χ1n) is 9.14. The molecule has 0 aromatic heterocycles. The van der Waals surface area contributed by atoms with Gasteiger partial charge in [-0.1, -0.05) is 80.4 Å². The second kappa shape index (κ2) is 8.36. The van der Waals surface area contributed by atoms with Crippen molar-refractivity contribution in [1.29, 1.82) is 0 Å². The van der Waals surface area contributed by atoms with Gasteiger partial charge in [0.05, 0.1) is 9.79 Å². The fourth-order valence-corrected chi connectivity index (χ4v) is 6.67. The Balaban J connectivity index is 2.40. The smallest absolute Gasteiger partial charge is 0.225 e. The van der Waals surface area contributed by atoms with Crippen LogP contribution in [0, 0.1) is 0 Å². The molecule has 0 saturated carbocycles. The monoisotopic (exact) mass is 594 g/mol. The Morgan fingerprint density at radius 3 is 1.50 bits per heavy atom. The average Bonchev–Trinajstić information content (AvgIpc) is 2.70. The van der Waals surface area contributed by atoms with E-state index in [-0.39, 0.29) is 15.4 Å². The fraction of sp³-hybridized carbons (Fsp3) is 0. The minimum Gasteiger partial charge on any atom is -0.225 e. The van der Waals surface area contributed by atoms with Crippen molar-refractivity contribution in [2.45, 2.75) is 9.79 Å². The van der Waals surface area contributed by atoms with E-state index in [2.05, 4.69) is 31.9 Å². The van der Waals surface area contributed by atoms with Gasteiger partial charge in [-0.3, -0.25) is 0 Å². The molecule has 0 heterocycles. The molecule has 0 bridgehead atoms. The molecule has 0 aliphatic carbocycles. The van der Waals surface area contributed by atoms with Crippen molar-refractivity contribution in [3.8, 4) is 22.3 Å². The highest BCUT2D eigenvalue weighted by atomic mass is 79.9. The summed E-state index contributed by atoms with van der Waals surface area (Å²) in [4.78, 5) is -0.606. The molecule has 0 aliphatic heterocycles. The Kier molecular flexibility index (Phi) is 6.03. The van der Waals surface area contributed by atoms with Crippen LogP contribution in [0.3, 0.4) is 0 Å². The van der Waals surface area contributed by atoms with E-state index in [1.807, 2.05) is 0 Å². The number of hydrogen-bond donors (Lipinski definition) is 2. The van der Waals surface area contributed by atoms with Crippen LogP contribution < -0.4 is 10.3 Å². The van der Waals surface area contributed by atoms with Gasteiger partial charge in [-0.05, 0) is 40.8 Å². The van der Waals surface area contributed by atoms with Crippen LogP contribution in [0.15, 0.2) is 91.5 Å². The van der Waals surface area contributed by atoms with Gasteiger partial charge < -0.3 is 0 Å². The van der Waals surface area contributed by atoms with E-state index in [1.165, 1.54) is 0 Å². The largest absolute Gasteiger partial charge is 0.239 e. The summed E-state index contributed by atoms with van der Waals surface area (Å²) in [5, 5.41) is 12.1. The summed E-state index contributed by atoms with van der Waals surface area (Å²) in [7, 11) is -8.77. The highest BCUT2D eigenvalue weighted by Crippen LogP contribution is 2.46. The number of sulfonamides is 2. The van der Waals surface area contributed by atoms with E-state index in [1.54, 1.807) is 72.8 Å². The minimum absolute atomic E-state index is 0.0648. The van der Waals surface area contributed by atoms with Gasteiger partial charge >= 0.3 is 0 Å². The quantitative estimate of drug-likeness (QED) is 0.345. The number of rotatable bonds is 4. The number of primary sulfonamides is 2. The molecule has 0 fully saturated rings. The molecule has 10 heteroatoms. The summed E-state index contributed by atoms with van der Waals surface area (Å²) in [6, 6.07) is 20.3. The Bertz CT molecular complexity index is 1600. The van der Waals surface area contributed by atoms with Crippen LogP contribution in [0.4, 0.5) is 0 Å². The summed E-state index contributed by atoms with van der Waals surface area (Å²) >= 11 is 6.78. The lowest BCUT2D eigenvalue weighted by molar-refractivity contribution is 0.597. The van der Waals surface area contributed by atoms with Gasteiger partial charge in [0.15, 0.2) is 0 Å². The first kappa shape index (κ1) is 23.1. The van der Waals surface area contributed by atoms with Crippen molar-refractivity contribution in [3.63, 3.8) is 0 Å². The van der Waals surface area contributed by atoms with Crippen LogP contribution in [-0.2, 0) is 20.0 Å². The van der Waals surface area contributed by atoms with Gasteiger partial charge in [0.25, 0.3) is 0 Å². The maximum Gasteiger partial charge on any atom is 0.239 e. The SMILES string of the molecule is NS(=O)(=O)c1c(-c2cccc(Br)c2)c(S(N)(=O)=O)c2ccccc2c1-c1cccc(Br)c1. The zero-order chi connectivity index (χ0) is 23.3. The first-order valence-corrected chi connectivity index (χ1v) is 13.8. The van der Waals surface area contributed by atoms with Crippen molar-refractivity contribution < 1.29 is 16.8 Å². The third kappa shape index (κ3) is 4.26. The van der Waals surface area contributed by atoms with Crippen molar-refractivity contribution in [1.82, 2.24) is 0 Å². The maximum atomic E-state index is 13.0. The molecule has 4 aromatic rings. The van der Waals surface area contributed by atoms with E-state index in [0.29, 0.717) is 31.9 Å². The molecular formula is C22H16Br2N2O4S2. The van der Waals surface area contributed by atoms with E-state index in [0.717, 1.165) is 4.47 Å². The van der Waals surface area contributed by atoms with E-state index >= 15 is 0 Å². The summed E-state index contributed by atoms with van der Waals surface area (Å²) in [5.41, 5.74) is 1.13. The lowest BCUT2D eigenvalue weighted by Crippen LogP contribution is -2.20. The van der Waals surface area contributed by atoms with Gasteiger partial charge in [-0.25, -0.2) is 27.1 Å². The predicted octanol–water partition coefficient (Wildman–Crippen LogP) is 4.99. The molecule has 32 heavy (non-hydrogen) atoms. The van der Waals surface area contributed by atoms with Crippen LogP contribution in [0.1, 0.15) is 0 Å². The molecule has 4 aromatic carbocycles. The van der Waals surface area contributed by atoms with Crippen LogP contribution >= 0.6 is 31.9 Å². The highest BCUT2D eigenvalue weighted by molar-refractivity contribution is 9.10. The van der Waals surface area contributed by atoms with Gasteiger partial charge in [0.1, 0.15) is 0 Å². The number of nitrogens with two attached hydrogens (primary N) is 2. The molecule has 4 rings (SSSR count). The van der Waals surface area contributed by atoms with E-state index in [9.17, 15) is 16.8 Å². The molecule has 0 saturated heterocycles. The Labute approximate surface area is 202 Å². The Morgan fingerprint density at radius 2 is 1.03 bits per heavy atom. The van der Waals surface area contributed by atoms with Gasteiger partial charge in [0, 0.05) is 25.5 Å². The molecule has 0 atom stereocenters. The molecule has 0 aliphatic rings. The summed E-state index contributed by atoms with van der Waals surface area (Å²) in [5.74, 6) is 0. The van der Waals surface area contributed by atoms with Crippen LogP contribution in [0.2, 0.25) is 0 Å². The third-order valence-electron chi connectivity index (χ3n) is 4.92. The van der Waals surface area contributed by atoms with Gasteiger partial charge in [-0.15, -0.1) is 0 Å². The number of halogens is 2. The number of benzene rings is 4. The number of hydrogen-bond acceptors (Lipinski definition) is 4. The Hall–Kier alpha value is -2.08. The normalized spacial score (nSPS) is 12.2. The summed E-state index contributed by atoms with van der Waals surface area (Å²) in [6.07, 6.45) is 0. The zero-order valence-electron chi connectivity index (χ0n) is 16.3. The minimum atomic E-state index is -4.41. The zero-order valence-corrected chi connectivity index (χ0v) is 21.1. The first-order chi connectivity index (χ1) is 15.0. The van der Waals surface area contributed by atoms with E-state index < -0.39 is 20.0 Å². The maximum absolute atomic E-state index is 13.0. The molecule has 0 unspecified atom stereocenters. The van der Waals surface area contributed by atoms with E-state index in [4.69, 9.17) is 10.3 Å². The predicted molar refractivity (Wildman–Crippen MR) is 133 cm³/mol. The molecule has 0 radical (unpaired) electrons. The standard InChI is InChI=1S/C22H16Br2N2O4S2/c23-15-7-3-5-13(11-15)19-17-9-1-2-10-18(17)21(31(25,27)28)20(22(19)32(26,29)30)14-6-4-8-16(24)12-14/h1-12H,(H2,25,27,28)(H2,26,29,30). The average molecular weight is 596 g/mol. The molecule has 0 spiro atoms. The van der Waals surface area contributed by atoms with Crippen molar-refractivity contribution in [3.05, 3.63) is 81.7 Å². The van der Waals surface area contributed by atoms with Gasteiger partial charge in [-0.2, -0.15) is 0 Å². The van der Waals surface area contributed by atoms with Crippen LogP contribution in [0.25, 0.3) is 33.0 Å². The summed E-state index contributed by atoms with van der Waals surface area (Å²) < 4.78 is 53.1. The lowest BCUT2D eigenvalue weighted by atomic mass is 9.92. The van der Waals surface area contributed by atoms with Crippen molar-refractivity contribution in [2.75, 3.05) is 0 Å². The van der Waals surface area contributed by atoms with Crippen LogP contribution in [0.5, 0.6) is 0 Å². The van der Waals surface area contributed by atoms with Crippen molar-refractivity contribution in [2.24, 2.45) is 10.3 Å².